The molecule has 0 aliphatic carbocycles. The van der Waals surface area contributed by atoms with Gasteiger partial charge in [0.1, 0.15) is 5.75 Å². The molecule has 2 atom stereocenters. The van der Waals surface area contributed by atoms with Crippen LogP contribution in [0.25, 0.3) is 0 Å². The maximum absolute atomic E-state index is 13.6. The Balaban J connectivity index is 1.39. The number of carbonyl (C=O) groups is 1. The van der Waals surface area contributed by atoms with Gasteiger partial charge in [0, 0.05) is 56.0 Å². The Hall–Kier alpha value is -2.34. The van der Waals surface area contributed by atoms with Crippen molar-refractivity contribution in [3.05, 3.63) is 41.1 Å². The van der Waals surface area contributed by atoms with E-state index in [0.717, 1.165) is 30.0 Å². The molecule has 0 bridgehead atoms. The first-order valence-electron chi connectivity index (χ1n) is 12.1. The summed E-state index contributed by atoms with van der Waals surface area (Å²) in [5.41, 5.74) is 3.65. The molecule has 1 aromatic heterocycles. The third-order valence-corrected chi connectivity index (χ3v) is 9.69. The van der Waals surface area contributed by atoms with Gasteiger partial charge in [-0.1, -0.05) is 13.3 Å². The summed E-state index contributed by atoms with van der Waals surface area (Å²) >= 11 is 1.52. The summed E-state index contributed by atoms with van der Waals surface area (Å²) < 4.78 is 34.5. The number of amides is 1. The highest BCUT2D eigenvalue weighted by Gasteiger charge is 2.42. The van der Waals surface area contributed by atoms with Crippen molar-refractivity contribution < 1.29 is 23.2 Å². The van der Waals surface area contributed by atoms with Crippen LogP contribution in [0.4, 0.5) is 11.4 Å². The molecule has 2 unspecified atom stereocenters. The maximum Gasteiger partial charge on any atom is 0.248 e. The Bertz CT molecular complexity index is 1050. The molecule has 0 spiro atoms. The van der Waals surface area contributed by atoms with E-state index in [1.807, 2.05) is 46.0 Å². The molecule has 2 aliphatic heterocycles. The number of unbranched alkanes of at least 4 members (excludes halogenated alkanes) is 1. The quantitative estimate of drug-likeness (QED) is 0.297. The lowest BCUT2D eigenvalue weighted by Crippen LogP contribution is -2.56. The summed E-state index contributed by atoms with van der Waals surface area (Å²) in [6.07, 6.45) is 2.30. The third kappa shape index (κ3) is 6.08. The summed E-state index contributed by atoms with van der Waals surface area (Å²) in [7, 11) is -3.62. The number of piperidine rings is 1. The van der Waals surface area contributed by atoms with Crippen LogP contribution in [0.2, 0.25) is 0 Å². The lowest BCUT2D eigenvalue weighted by molar-refractivity contribution is -0.133. The lowest BCUT2D eigenvalue weighted by atomic mass is 9.97. The molecule has 2 N–H and O–H groups in total. The minimum Gasteiger partial charge on any atom is -0.494 e. The van der Waals surface area contributed by atoms with Crippen LogP contribution in [0, 0.1) is 5.92 Å². The lowest BCUT2D eigenvalue weighted by Gasteiger charge is -2.41. The van der Waals surface area contributed by atoms with Crippen molar-refractivity contribution in [3.8, 4) is 5.75 Å². The molecule has 11 heteroatoms. The number of rotatable bonds is 9. The van der Waals surface area contributed by atoms with Crippen molar-refractivity contribution in [1.82, 2.24) is 9.79 Å². The van der Waals surface area contributed by atoms with Gasteiger partial charge in [-0.15, -0.1) is 0 Å². The number of carbonyl (C=O) groups excluding carboxylic acids is 1. The second-order valence-corrected chi connectivity index (χ2v) is 12.0. The fourth-order valence-electron chi connectivity index (χ4n) is 4.70. The number of nitrogens with one attached hydrogen (secondary N) is 1. The molecule has 2 aromatic rings. The molecule has 2 fully saturated rings. The minimum atomic E-state index is -3.62. The average molecular weight is 523 g/mol. The smallest absolute Gasteiger partial charge is 0.248 e. The number of thiophene rings is 1. The van der Waals surface area contributed by atoms with Gasteiger partial charge in [0.15, 0.2) is 0 Å². The molecular formula is C24H34N4O5S2. The third-order valence-electron chi connectivity index (χ3n) is 6.75. The highest BCUT2D eigenvalue weighted by atomic mass is 32.2. The van der Waals surface area contributed by atoms with E-state index in [1.54, 1.807) is 9.79 Å². The van der Waals surface area contributed by atoms with Crippen molar-refractivity contribution in [2.45, 2.75) is 31.4 Å². The van der Waals surface area contributed by atoms with Gasteiger partial charge in [-0.05, 0) is 48.6 Å². The van der Waals surface area contributed by atoms with Gasteiger partial charge < -0.3 is 14.5 Å². The van der Waals surface area contributed by atoms with E-state index in [9.17, 15) is 13.2 Å². The number of hydrogen-bond acceptors (Lipinski definition) is 8. The van der Waals surface area contributed by atoms with E-state index in [4.69, 9.17) is 9.94 Å². The number of hydroxylamine groups is 1. The maximum atomic E-state index is 13.6. The summed E-state index contributed by atoms with van der Waals surface area (Å²) in [5, 5.41) is 12.3. The molecule has 2 saturated heterocycles. The SMILES string of the molecule is CCCCOc1ccc(N2CCN(S(=O)(=O)C3CC(C(=O)NO)CN(c4ccsc4)C3)CC2)cc1. The largest absolute Gasteiger partial charge is 0.494 e. The van der Waals surface area contributed by atoms with Gasteiger partial charge in [0.05, 0.1) is 17.8 Å². The fourth-order valence-corrected chi connectivity index (χ4v) is 7.30. The average Bonchev–Trinajstić information content (AvgIpc) is 3.44. The summed E-state index contributed by atoms with van der Waals surface area (Å²) in [5.74, 6) is -0.304. The number of benzene rings is 1. The normalized spacial score (nSPS) is 21.7. The molecule has 0 saturated carbocycles. The molecule has 4 rings (SSSR count). The highest BCUT2D eigenvalue weighted by Crippen LogP contribution is 2.30. The molecule has 1 amide bonds. The predicted octanol–water partition coefficient (Wildman–Crippen LogP) is 2.78. The van der Waals surface area contributed by atoms with Crippen LogP contribution >= 0.6 is 11.3 Å². The number of ether oxygens (including phenoxy) is 1. The first-order chi connectivity index (χ1) is 16.9. The summed E-state index contributed by atoms with van der Waals surface area (Å²) in [6.45, 7) is 5.51. The Morgan fingerprint density at radius 2 is 1.83 bits per heavy atom. The van der Waals surface area contributed by atoms with Crippen LogP contribution in [-0.4, -0.2) is 75.0 Å². The molecule has 1 aromatic carbocycles. The van der Waals surface area contributed by atoms with Crippen molar-refractivity contribution >= 4 is 38.6 Å². The van der Waals surface area contributed by atoms with E-state index in [-0.39, 0.29) is 6.42 Å². The van der Waals surface area contributed by atoms with E-state index < -0.39 is 27.1 Å². The predicted molar refractivity (Wildman–Crippen MR) is 138 cm³/mol. The van der Waals surface area contributed by atoms with Crippen molar-refractivity contribution in [2.24, 2.45) is 5.92 Å². The molecule has 3 heterocycles. The highest BCUT2D eigenvalue weighted by molar-refractivity contribution is 7.89. The number of piperazine rings is 1. The van der Waals surface area contributed by atoms with E-state index in [2.05, 4.69) is 11.8 Å². The number of nitrogens with zero attached hydrogens (tertiary/aromatic N) is 3. The summed E-state index contributed by atoms with van der Waals surface area (Å²) in [4.78, 5) is 16.3. The van der Waals surface area contributed by atoms with Gasteiger partial charge >= 0.3 is 0 Å². The van der Waals surface area contributed by atoms with Crippen LogP contribution in [-0.2, 0) is 14.8 Å². The summed E-state index contributed by atoms with van der Waals surface area (Å²) in [6, 6.07) is 9.88. The Morgan fingerprint density at radius 1 is 1.09 bits per heavy atom. The van der Waals surface area contributed by atoms with Gasteiger partial charge in [0.25, 0.3) is 0 Å². The second kappa shape index (κ2) is 11.6. The molecule has 0 radical (unpaired) electrons. The Labute approximate surface area is 211 Å². The van der Waals surface area contributed by atoms with Crippen LogP contribution < -0.4 is 20.0 Å². The standard InChI is InChI=1S/C24H34N4O5S2/c1-2-3-13-33-22-6-4-20(5-7-22)26-9-11-28(12-10-26)35(31,32)23-15-19(24(29)25-30)16-27(17-23)21-8-14-34-18-21/h4-8,14,18-19,23,30H,2-3,9-13,15-17H2,1H3,(H,25,29). The van der Waals surface area contributed by atoms with Crippen LogP contribution in [0.5, 0.6) is 5.75 Å². The Morgan fingerprint density at radius 3 is 2.46 bits per heavy atom. The van der Waals surface area contributed by atoms with Crippen LogP contribution in [0.1, 0.15) is 26.2 Å². The minimum absolute atomic E-state index is 0.190. The zero-order valence-electron chi connectivity index (χ0n) is 20.0. The van der Waals surface area contributed by atoms with Crippen molar-refractivity contribution in [1.29, 1.82) is 0 Å². The molecular weight excluding hydrogens is 488 g/mol. The Kier molecular flexibility index (Phi) is 8.53. The monoisotopic (exact) mass is 522 g/mol. The van der Waals surface area contributed by atoms with Crippen molar-refractivity contribution in [3.63, 3.8) is 0 Å². The van der Waals surface area contributed by atoms with Crippen LogP contribution in [0.15, 0.2) is 41.1 Å². The molecule has 192 valence electrons. The molecule has 35 heavy (non-hydrogen) atoms. The van der Waals surface area contributed by atoms with Gasteiger partial charge in [-0.25, -0.2) is 13.9 Å². The zero-order valence-corrected chi connectivity index (χ0v) is 21.6. The van der Waals surface area contributed by atoms with Crippen molar-refractivity contribution in [2.75, 3.05) is 55.7 Å². The second-order valence-electron chi connectivity index (χ2n) is 9.04. The topological polar surface area (TPSA) is 102 Å². The van der Waals surface area contributed by atoms with Gasteiger partial charge in [0.2, 0.25) is 15.9 Å². The zero-order chi connectivity index (χ0) is 24.8. The fraction of sp³-hybridized carbons (Fsp3) is 0.542. The number of anilines is 2. The van der Waals surface area contributed by atoms with E-state index >= 15 is 0 Å². The molecule has 2 aliphatic rings. The van der Waals surface area contributed by atoms with E-state index in [0.29, 0.717) is 45.9 Å². The van der Waals surface area contributed by atoms with Crippen LogP contribution in [0.3, 0.4) is 0 Å². The van der Waals surface area contributed by atoms with E-state index in [1.165, 1.54) is 11.3 Å². The van der Waals surface area contributed by atoms with Gasteiger partial charge in [-0.2, -0.15) is 15.6 Å². The van der Waals surface area contributed by atoms with Gasteiger partial charge in [-0.3, -0.25) is 10.0 Å². The molecule has 9 nitrogen and oxygen atoms in total. The number of sulfonamides is 1. The first kappa shape index (κ1) is 25.7. The number of hydrogen-bond donors (Lipinski definition) is 2. The first-order valence-corrected chi connectivity index (χ1v) is 14.5.